The average molecular weight is 507 g/mol. The van der Waals surface area contributed by atoms with Crippen LogP contribution in [0.25, 0.3) is 26.7 Å². The molecule has 0 saturated carbocycles. The smallest absolute Gasteiger partial charge is 0.175 e. The van der Waals surface area contributed by atoms with Crippen molar-refractivity contribution >= 4 is 44.4 Å². The monoisotopic (exact) mass is 506 g/mol. The van der Waals surface area contributed by atoms with E-state index in [9.17, 15) is 13.5 Å². The van der Waals surface area contributed by atoms with Crippen LogP contribution < -0.4 is 0 Å². The van der Waals surface area contributed by atoms with Gasteiger partial charge in [0.25, 0.3) is 0 Å². The summed E-state index contributed by atoms with van der Waals surface area (Å²) in [7, 11) is -3.30. The molecule has 9 heteroatoms. The van der Waals surface area contributed by atoms with Crippen LogP contribution in [-0.4, -0.2) is 29.6 Å². The molecule has 0 saturated heterocycles. The maximum atomic E-state index is 11.9. The van der Waals surface area contributed by atoms with Gasteiger partial charge in [0, 0.05) is 21.2 Å². The molecular weight excluding hydrogens is 487 g/mol. The number of hydrogen-bond donors (Lipinski definition) is 1. The highest BCUT2D eigenvalue weighted by Crippen LogP contribution is 2.38. The number of halogens is 2. The number of benzene rings is 2. The Hall–Kier alpha value is -2.16. The molecule has 0 aliphatic carbocycles. The Morgan fingerprint density at radius 3 is 2.25 bits per heavy atom. The number of nitrogens with zero attached hydrogens (tertiary/aromatic N) is 2. The highest BCUT2D eigenvalue weighted by Gasteiger charge is 2.24. The van der Waals surface area contributed by atoms with E-state index in [2.05, 4.69) is 5.10 Å². The van der Waals surface area contributed by atoms with Crippen molar-refractivity contribution in [3.05, 3.63) is 76.4 Å². The third-order valence-electron chi connectivity index (χ3n) is 4.83. The van der Waals surface area contributed by atoms with Crippen LogP contribution in [0.2, 0.25) is 10.0 Å². The second-order valence-corrected chi connectivity index (χ2v) is 11.9. The Bertz CT molecular complexity index is 1400. The van der Waals surface area contributed by atoms with Gasteiger partial charge in [0.05, 0.1) is 26.8 Å². The zero-order valence-corrected chi connectivity index (χ0v) is 20.6. The summed E-state index contributed by atoms with van der Waals surface area (Å²) in [6.07, 6.45) is 1.19. The summed E-state index contributed by atoms with van der Waals surface area (Å²) in [4.78, 5) is 2.07. The van der Waals surface area contributed by atoms with E-state index in [1.54, 1.807) is 54.9 Å². The van der Waals surface area contributed by atoms with E-state index >= 15 is 0 Å². The van der Waals surface area contributed by atoms with Crippen LogP contribution in [0.5, 0.6) is 0 Å². The Balaban J connectivity index is 1.84. The van der Waals surface area contributed by atoms with Gasteiger partial charge in [-0.05, 0) is 67.9 Å². The molecule has 4 aromatic rings. The first kappa shape index (κ1) is 23.0. The summed E-state index contributed by atoms with van der Waals surface area (Å²) in [5.41, 5.74) is 1.59. The molecule has 0 bridgehead atoms. The van der Waals surface area contributed by atoms with Gasteiger partial charge in [-0.25, -0.2) is 13.1 Å². The van der Waals surface area contributed by atoms with E-state index < -0.39 is 15.4 Å². The summed E-state index contributed by atoms with van der Waals surface area (Å²) in [5.74, 6) is 0. The minimum atomic E-state index is -3.30. The molecule has 0 radical (unpaired) electrons. The number of hydrogen-bond acceptors (Lipinski definition) is 5. The molecule has 0 aliphatic rings. The molecule has 2 aromatic carbocycles. The predicted molar refractivity (Wildman–Crippen MR) is 131 cm³/mol. The number of aliphatic hydroxyl groups is 1. The molecule has 0 amide bonds. The summed E-state index contributed by atoms with van der Waals surface area (Å²) in [6.45, 7) is 3.34. The van der Waals surface area contributed by atoms with Gasteiger partial charge in [-0.2, -0.15) is 5.10 Å². The topological polar surface area (TPSA) is 72.2 Å². The lowest BCUT2D eigenvalue weighted by Crippen LogP contribution is -2.16. The highest BCUT2D eigenvalue weighted by molar-refractivity contribution is 7.90. The first-order chi connectivity index (χ1) is 14.9. The first-order valence-corrected chi connectivity index (χ1v) is 13.1. The number of rotatable bonds is 5. The number of aromatic nitrogens is 2. The van der Waals surface area contributed by atoms with E-state index in [0.29, 0.717) is 21.4 Å². The normalized spacial score (nSPS) is 12.3. The van der Waals surface area contributed by atoms with Crippen LogP contribution >= 0.6 is 34.5 Å². The molecular formula is C23H20Cl2N2O3S2. The van der Waals surface area contributed by atoms with Gasteiger partial charge in [-0.1, -0.05) is 35.3 Å². The number of thiophene rings is 1. The molecule has 0 aliphatic heterocycles. The van der Waals surface area contributed by atoms with Crippen molar-refractivity contribution in [2.75, 3.05) is 6.26 Å². The van der Waals surface area contributed by atoms with Gasteiger partial charge in [-0.3, -0.25) is 0 Å². The van der Waals surface area contributed by atoms with Crippen molar-refractivity contribution in [2.24, 2.45) is 0 Å². The first-order valence-electron chi connectivity index (χ1n) is 9.62. The molecule has 0 fully saturated rings. The molecule has 166 valence electrons. The summed E-state index contributed by atoms with van der Waals surface area (Å²) in [6, 6.07) is 17.7. The second kappa shape index (κ2) is 8.32. The fraction of sp³-hybridized carbons (Fsp3) is 0.174. The Morgan fingerprint density at radius 2 is 1.62 bits per heavy atom. The van der Waals surface area contributed by atoms with Gasteiger partial charge < -0.3 is 5.11 Å². The minimum Gasteiger partial charge on any atom is -0.384 e. The van der Waals surface area contributed by atoms with Crippen LogP contribution in [0.15, 0.2) is 65.6 Å². The van der Waals surface area contributed by atoms with Crippen molar-refractivity contribution in [3.63, 3.8) is 0 Å². The Kier molecular flexibility index (Phi) is 5.98. The zero-order valence-electron chi connectivity index (χ0n) is 17.5. The number of sulfone groups is 1. The van der Waals surface area contributed by atoms with Crippen LogP contribution in [0, 0.1) is 0 Å². The lowest BCUT2D eigenvalue weighted by Gasteiger charge is -2.13. The molecule has 0 spiro atoms. The van der Waals surface area contributed by atoms with Crippen molar-refractivity contribution in [1.29, 1.82) is 0 Å². The molecule has 2 heterocycles. The van der Waals surface area contributed by atoms with Gasteiger partial charge in [0.15, 0.2) is 9.84 Å². The van der Waals surface area contributed by atoms with Crippen molar-refractivity contribution in [3.8, 4) is 26.7 Å². The maximum absolute atomic E-state index is 11.9. The predicted octanol–water partition coefficient (Wildman–Crippen LogP) is 6.21. The average Bonchev–Trinajstić information content (AvgIpc) is 3.34. The van der Waals surface area contributed by atoms with E-state index in [0.717, 1.165) is 21.0 Å². The van der Waals surface area contributed by atoms with Gasteiger partial charge >= 0.3 is 0 Å². The molecule has 32 heavy (non-hydrogen) atoms. The lowest BCUT2D eigenvalue weighted by molar-refractivity contribution is 0.0734. The summed E-state index contributed by atoms with van der Waals surface area (Å²) in [5, 5.41) is 16.1. The van der Waals surface area contributed by atoms with Gasteiger partial charge in [-0.15, -0.1) is 11.3 Å². The molecule has 4 rings (SSSR count). The minimum absolute atomic E-state index is 0.271. The van der Waals surface area contributed by atoms with Crippen LogP contribution in [-0.2, 0) is 15.4 Å². The van der Waals surface area contributed by atoms with Crippen molar-refractivity contribution in [1.82, 2.24) is 9.78 Å². The third kappa shape index (κ3) is 4.77. The fourth-order valence-electron chi connectivity index (χ4n) is 3.22. The molecule has 0 atom stereocenters. The largest absolute Gasteiger partial charge is 0.384 e. The molecule has 0 unspecified atom stereocenters. The van der Waals surface area contributed by atoms with Crippen LogP contribution in [0.4, 0.5) is 0 Å². The SMILES string of the molecule is CC(C)(O)c1cc(-c2ccc(-c3cccc(S(C)(=O)=O)c3)s2)n(-c2cc(Cl)cc(Cl)c2)n1. The molecule has 1 N–H and O–H groups in total. The van der Waals surface area contributed by atoms with Crippen LogP contribution in [0.3, 0.4) is 0 Å². The van der Waals surface area contributed by atoms with Gasteiger partial charge in [0.1, 0.15) is 5.60 Å². The molecule has 2 aromatic heterocycles. The second-order valence-electron chi connectivity index (χ2n) is 7.98. The van der Waals surface area contributed by atoms with Gasteiger partial charge in [0.2, 0.25) is 0 Å². The highest BCUT2D eigenvalue weighted by atomic mass is 35.5. The quantitative estimate of drug-likeness (QED) is 0.349. The summed E-state index contributed by atoms with van der Waals surface area (Å²) >= 11 is 13.9. The Morgan fingerprint density at radius 1 is 0.969 bits per heavy atom. The maximum Gasteiger partial charge on any atom is 0.175 e. The third-order valence-corrected chi connectivity index (χ3v) is 7.54. The van der Waals surface area contributed by atoms with E-state index in [1.165, 1.54) is 17.6 Å². The van der Waals surface area contributed by atoms with Crippen LogP contribution in [0.1, 0.15) is 19.5 Å². The lowest BCUT2D eigenvalue weighted by atomic mass is 10.1. The van der Waals surface area contributed by atoms with E-state index in [1.807, 2.05) is 24.3 Å². The Labute approximate surface area is 200 Å². The molecule has 5 nitrogen and oxygen atoms in total. The van der Waals surface area contributed by atoms with Crippen molar-refractivity contribution in [2.45, 2.75) is 24.3 Å². The summed E-state index contributed by atoms with van der Waals surface area (Å²) < 4.78 is 25.6. The fourth-order valence-corrected chi connectivity index (χ4v) is 5.41. The van der Waals surface area contributed by atoms with E-state index in [-0.39, 0.29) is 4.90 Å². The standard InChI is InChI=1S/C23H20Cl2N2O3S2/c1-23(2,28)22-13-19(27(26-22)17-11-15(24)10-16(25)12-17)21-8-7-20(31-21)14-5-4-6-18(9-14)32(3,29)30/h4-13,28H,1-3H3. The van der Waals surface area contributed by atoms with Crippen molar-refractivity contribution < 1.29 is 13.5 Å². The van der Waals surface area contributed by atoms with E-state index in [4.69, 9.17) is 23.2 Å². The zero-order chi connectivity index (χ0) is 23.3.